The number of nitrogens with zero attached hydrogens (tertiary/aromatic N) is 2. The lowest BCUT2D eigenvalue weighted by molar-refractivity contribution is -0.142. The van der Waals surface area contributed by atoms with E-state index >= 15 is 0 Å². The number of hydrogen-bond acceptors (Lipinski definition) is 3. The van der Waals surface area contributed by atoms with Crippen molar-refractivity contribution >= 4 is 17.5 Å². The van der Waals surface area contributed by atoms with Crippen molar-refractivity contribution in [3.8, 4) is 0 Å². The Morgan fingerprint density at radius 3 is 2.23 bits per heavy atom. The van der Waals surface area contributed by atoms with Crippen LogP contribution in [0.2, 0.25) is 0 Å². The van der Waals surface area contributed by atoms with Gasteiger partial charge in [-0.05, 0) is 37.0 Å². The van der Waals surface area contributed by atoms with Gasteiger partial charge in [-0.1, -0.05) is 67.8 Å². The van der Waals surface area contributed by atoms with Crippen molar-refractivity contribution < 1.29 is 14.3 Å². The molecule has 5 rings (SSSR count). The molecule has 5 heteroatoms. The third-order valence-electron chi connectivity index (χ3n) is 7.36. The number of rotatable bonds is 3. The van der Waals surface area contributed by atoms with Gasteiger partial charge in [0.2, 0.25) is 5.91 Å². The van der Waals surface area contributed by atoms with Gasteiger partial charge in [-0.2, -0.15) is 0 Å². The number of carbonyl (C=O) groups excluding carboxylic acids is 2. The number of ether oxygens (including phenoxy) is 1. The van der Waals surface area contributed by atoms with E-state index < -0.39 is 11.0 Å². The van der Waals surface area contributed by atoms with Gasteiger partial charge >= 0.3 is 0 Å². The Balaban J connectivity index is 1.38. The molecule has 2 heterocycles. The molecule has 2 aromatic carbocycles. The maximum atomic E-state index is 14.0. The highest BCUT2D eigenvalue weighted by Gasteiger charge is 2.51. The van der Waals surface area contributed by atoms with Crippen LogP contribution in [0.5, 0.6) is 0 Å². The van der Waals surface area contributed by atoms with Crippen LogP contribution >= 0.6 is 0 Å². The molecule has 1 aliphatic carbocycles. The van der Waals surface area contributed by atoms with Gasteiger partial charge < -0.3 is 14.5 Å². The van der Waals surface area contributed by atoms with Crippen molar-refractivity contribution in [2.75, 3.05) is 31.1 Å². The third-order valence-corrected chi connectivity index (χ3v) is 7.36. The highest BCUT2D eigenvalue weighted by Crippen LogP contribution is 2.43. The first kappa shape index (κ1) is 20.3. The Kier molecular flexibility index (Phi) is 5.30. The largest absolute Gasteiger partial charge is 0.361 e. The summed E-state index contributed by atoms with van der Waals surface area (Å²) in [7, 11) is 0. The van der Waals surface area contributed by atoms with E-state index in [0.29, 0.717) is 19.6 Å². The van der Waals surface area contributed by atoms with Crippen molar-refractivity contribution in [3.05, 3.63) is 66.2 Å². The zero-order valence-corrected chi connectivity index (χ0v) is 18.0. The third kappa shape index (κ3) is 3.65. The molecule has 2 aromatic rings. The van der Waals surface area contributed by atoms with Crippen molar-refractivity contribution in [1.82, 2.24) is 4.90 Å². The SMILES string of the molecule is O=C1COC2(CCN(C(=O)C3(c4ccccc4)CCCCC3)C2)CN1c1ccccc1. The van der Waals surface area contributed by atoms with E-state index in [0.717, 1.165) is 43.4 Å². The Morgan fingerprint density at radius 1 is 0.839 bits per heavy atom. The Bertz CT molecular complexity index is 940. The van der Waals surface area contributed by atoms with Gasteiger partial charge in [-0.25, -0.2) is 0 Å². The van der Waals surface area contributed by atoms with Crippen LogP contribution in [0, 0.1) is 0 Å². The molecule has 1 unspecified atom stereocenters. The van der Waals surface area contributed by atoms with Crippen LogP contribution in [0.25, 0.3) is 0 Å². The average Bonchev–Trinajstić information content (AvgIpc) is 3.25. The summed E-state index contributed by atoms with van der Waals surface area (Å²) in [6.45, 7) is 1.81. The number of amides is 2. The fourth-order valence-electron chi connectivity index (χ4n) is 5.66. The van der Waals surface area contributed by atoms with Crippen LogP contribution in [0.15, 0.2) is 60.7 Å². The fraction of sp³-hybridized carbons (Fsp3) is 0.462. The molecule has 0 radical (unpaired) electrons. The predicted molar refractivity (Wildman–Crippen MR) is 120 cm³/mol. The fourth-order valence-corrected chi connectivity index (χ4v) is 5.66. The van der Waals surface area contributed by atoms with Crippen molar-refractivity contribution in [3.63, 3.8) is 0 Å². The van der Waals surface area contributed by atoms with E-state index in [4.69, 9.17) is 4.74 Å². The zero-order chi connectivity index (χ0) is 21.3. The van der Waals surface area contributed by atoms with Crippen LogP contribution in [-0.2, 0) is 19.7 Å². The normalized spacial score (nSPS) is 25.7. The molecule has 162 valence electrons. The van der Waals surface area contributed by atoms with E-state index in [1.165, 1.54) is 6.42 Å². The molecule has 0 bridgehead atoms. The van der Waals surface area contributed by atoms with Crippen molar-refractivity contribution in [2.24, 2.45) is 0 Å². The van der Waals surface area contributed by atoms with Crippen LogP contribution in [0.1, 0.15) is 44.1 Å². The van der Waals surface area contributed by atoms with E-state index in [1.807, 2.05) is 58.3 Å². The molecule has 3 fully saturated rings. The lowest BCUT2D eigenvalue weighted by atomic mass is 9.68. The topological polar surface area (TPSA) is 49.9 Å². The van der Waals surface area contributed by atoms with E-state index in [-0.39, 0.29) is 18.4 Å². The first-order chi connectivity index (χ1) is 15.1. The molecular formula is C26H30N2O3. The number of likely N-dealkylation sites (tertiary alicyclic amines) is 1. The summed E-state index contributed by atoms with van der Waals surface area (Å²) in [6.07, 6.45) is 5.96. The number of para-hydroxylation sites is 1. The van der Waals surface area contributed by atoms with E-state index in [9.17, 15) is 9.59 Å². The van der Waals surface area contributed by atoms with Crippen LogP contribution in [0.4, 0.5) is 5.69 Å². The van der Waals surface area contributed by atoms with Crippen LogP contribution in [0.3, 0.4) is 0 Å². The minimum absolute atomic E-state index is 0.0189. The van der Waals surface area contributed by atoms with Crippen molar-refractivity contribution in [2.45, 2.75) is 49.5 Å². The molecule has 0 aromatic heterocycles. The van der Waals surface area contributed by atoms with Gasteiger partial charge in [0.15, 0.2) is 0 Å². The molecule has 0 N–H and O–H groups in total. The summed E-state index contributed by atoms with van der Waals surface area (Å²) in [5.41, 5.74) is 1.14. The van der Waals surface area contributed by atoms with Gasteiger partial charge in [0.05, 0.1) is 18.5 Å². The van der Waals surface area contributed by atoms with Gasteiger partial charge in [0, 0.05) is 12.2 Å². The molecular weight excluding hydrogens is 388 g/mol. The Labute approximate surface area is 184 Å². The number of morpholine rings is 1. The molecule has 1 atom stereocenters. The second-order valence-corrected chi connectivity index (χ2v) is 9.27. The second-order valence-electron chi connectivity index (χ2n) is 9.27. The van der Waals surface area contributed by atoms with Crippen LogP contribution < -0.4 is 4.90 Å². The van der Waals surface area contributed by atoms with E-state index in [2.05, 4.69) is 12.1 Å². The maximum Gasteiger partial charge on any atom is 0.253 e. The van der Waals surface area contributed by atoms with Gasteiger partial charge in [-0.15, -0.1) is 0 Å². The Hall–Kier alpha value is -2.66. The lowest BCUT2D eigenvalue weighted by Gasteiger charge is -2.42. The standard InChI is InChI=1S/C26H30N2O3/c29-23-18-31-25(20-28(23)22-12-6-2-7-13-22)16-17-27(19-25)24(30)26(14-8-3-9-15-26)21-10-4-1-5-11-21/h1-2,4-7,10-13H,3,8-9,14-20H2. The minimum Gasteiger partial charge on any atom is -0.361 e. The molecule has 2 saturated heterocycles. The second kappa shape index (κ2) is 8.12. The monoisotopic (exact) mass is 418 g/mol. The molecule has 5 nitrogen and oxygen atoms in total. The first-order valence-corrected chi connectivity index (χ1v) is 11.5. The molecule has 2 aliphatic heterocycles. The minimum atomic E-state index is -0.480. The smallest absolute Gasteiger partial charge is 0.253 e. The molecule has 3 aliphatic rings. The number of anilines is 1. The maximum absolute atomic E-state index is 14.0. The highest BCUT2D eigenvalue weighted by atomic mass is 16.5. The quantitative estimate of drug-likeness (QED) is 0.759. The summed E-state index contributed by atoms with van der Waals surface area (Å²) < 4.78 is 6.11. The van der Waals surface area contributed by atoms with Gasteiger partial charge in [0.1, 0.15) is 12.2 Å². The average molecular weight is 419 g/mol. The zero-order valence-electron chi connectivity index (χ0n) is 18.0. The molecule has 1 spiro atoms. The predicted octanol–water partition coefficient (Wildman–Crippen LogP) is 3.92. The van der Waals surface area contributed by atoms with E-state index in [1.54, 1.807) is 0 Å². The Morgan fingerprint density at radius 2 is 1.52 bits per heavy atom. The summed E-state index contributed by atoms with van der Waals surface area (Å²) in [5, 5.41) is 0. The summed E-state index contributed by atoms with van der Waals surface area (Å²) >= 11 is 0. The van der Waals surface area contributed by atoms with Gasteiger partial charge in [-0.3, -0.25) is 9.59 Å². The molecule has 31 heavy (non-hydrogen) atoms. The van der Waals surface area contributed by atoms with Gasteiger partial charge in [0.25, 0.3) is 5.91 Å². The highest BCUT2D eigenvalue weighted by molar-refractivity contribution is 5.95. The first-order valence-electron chi connectivity index (χ1n) is 11.5. The number of carbonyl (C=O) groups is 2. The number of benzene rings is 2. The lowest BCUT2D eigenvalue weighted by Crippen LogP contribution is -2.57. The summed E-state index contributed by atoms with van der Waals surface area (Å²) in [4.78, 5) is 30.3. The van der Waals surface area contributed by atoms with Crippen molar-refractivity contribution in [1.29, 1.82) is 0 Å². The molecule has 1 saturated carbocycles. The summed E-state index contributed by atoms with van der Waals surface area (Å²) in [6, 6.07) is 20.1. The number of hydrogen-bond donors (Lipinski definition) is 0. The van der Waals surface area contributed by atoms with Crippen LogP contribution in [-0.4, -0.2) is 48.6 Å². The molecule has 2 amide bonds. The summed E-state index contributed by atoms with van der Waals surface area (Å²) in [5.74, 6) is 0.219.